The van der Waals surface area contributed by atoms with Crippen LogP contribution in [-0.4, -0.2) is 15.8 Å². The van der Waals surface area contributed by atoms with Crippen LogP contribution in [0.4, 0.5) is 0 Å². The van der Waals surface area contributed by atoms with Crippen LogP contribution in [0.25, 0.3) is 5.69 Å². The van der Waals surface area contributed by atoms with Crippen molar-refractivity contribution in [3.63, 3.8) is 0 Å². The van der Waals surface area contributed by atoms with E-state index >= 15 is 0 Å². The van der Waals surface area contributed by atoms with Crippen LogP contribution < -0.4 is 5.32 Å². The lowest BCUT2D eigenvalue weighted by Crippen LogP contribution is -2.15. The van der Waals surface area contributed by atoms with Crippen molar-refractivity contribution in [3.05, 3.63) is 46.2 Å². The summed E-state index contributed by atoms with van der Waals surface area (Å²) < 4.78 is 1.90. The van der Waals surface area contributed by atoms with Crippen LogP contribution in [0.5, 0.6) is 0 Å². The molecule has 3 nitrogen and oxygen atoms in total. The Morgan fingerprint density at radius 1 is 1.32 bits per heavy atom. The lowest BCUT2D eigenvalue weighted by molar-refractivity contribution is 0.687. The molecule has 0 spiro atoms. The van der Waals surface area contributed by atoms with E-state index in [2.05, 4.69) is 22.5 Å². The van der Waals surface area contributed by atoms with Gasteiger partial charge in [-0.3, -0.25) is 0 Å². The molecule has 0 unspecified atom stereocenters. The van der Waals surface area contributed by atoms with E-state index < -0.39 is 0 Å². The predicted molar refractivity (Wildman–Crippen MR) is 77.9 cm³/mol. The quantitative estimate of drug-likeness (QED) is 0.927. The molecule has 1 saturated carbocycles. The first-order chi connectivity index (χ1) is 9.13. The second kappa shape index (κ2) is 4.99. The Labute approximate surface area is 118 Å². The standard InChI is InChI=1S/C15H18ClN3/c1-10-7-11(2)19(18-10)15-6-3-12(8-14(15)16)9-17-13-4-5-13/h3,6-8,13,17H,4-5,9H2,1-2H3. The first kappa shape index (κ1) is 12.7. The number of aryl methyl sites for hydroxylation is 2. The Morgan fingerprint density at radius 2 is 2.11 bits per heavy atom. The average molecular weight is 276 g/mol. The van der Waals surface area contributed by atoms with E-state index in [9.17, 15) is 0 Å². The van der Waals surface area contributed by atoms with Gasteiger partial charge in [-0.2, -0.15) is 5.10 Å². The smallest absolute Gasteiger partial charge is 0.0835 e. The lowest BCUT2D eigenvalue weighted by atomic mass is 10.2. The van der Waals surface area contributed by atoms with Crippen molar-refractivity contribution in [2.24, 2.45) is 0 Å². The van der Waals surface area contributed by atoms with Gasteiger partial charge in [0.2, 0.25) is 0 Å². The zero-order valence-electron chi connectivity index (χ0n) is 11.3. The van der Waals surface area contributed by atoms with Crippen LogP contribution in [0.15, 0.2) is 24.3 Å². The molecular formula is C15H18ClN3. The molecule has 0 saturated heterocycles. The molecule has 0 aliphatic heterocycles. The van der Waals surface area contributed by atoms with Crippen LogP contribution >= 0.6 is 11.6 Å². The van der Waals surface area contributed by atoms with Gasteiger partial charge in [0.25, 0.3) is 0 Å². The largest absolute Gasteiger partial charge is 0.310 e. The minimum Gasteiger partial charge on any atom is -0.310 e. The van der Waals surface area contributed by atoms with Gasteiger partial charge >= 0.3 is 0 Å². The molecule has 1 aliphatic rings. The molecule has 0 amide bonds. The molecule has 2 aromatic rings. The summed E-state index contributed by atoms with van der Waals surface area (Å²) in [5.41, 5.74) is 4.28. The van der Waals surface area contributed by atoms with Crippen molar-refractivity contribution in [2.75, 3.05) is 0 Å². The number of nitrogens with one attached hydrogen (secondary N) is 1. The van der Waals surface area contributed by atoms with Gasteiger partial charge in [-0.05, 0) is 50.5 Å². The zero-order valence-corrected chi connectivity index (χ0v) is 12.0. The van der Waals surface area contributed by atoms with Crippen LogP contribution in [-0.2, 0) is 6.54 Å². The van der Waals surface area contributed by atoms with Crippen molar-refractivity contribution in [3.8, 4) is 5.69 Å². The number of benzene rings is 1. The average Bonchev–Trinajstić information content (AvgIpc) is 3.12. The first-order valence-electron chi connectivity index (χ1n) is 6.69. The van der Waals surface area contributed by atoms with Crippen LogP contribution in [0, 0.1) is 13.8 Å². The van der Waals surface area contributed by atoms with Crippen molar-refractivity contribution < 1.29 is 0 Å². The zero-order chi connectivity index (χ0) is 13.4. The van der Waals surface area contributed by atoms with Crippen molar-refractivity contribution >= 4 is 11.6 Å². The van der Waals surface area contributed by atoms with Gasteiger partial charge in [0, 0.05) is 18.3 Å². The summed E-state index contributed by atoms with van der Waals surface area (Å²) in [5, 5.41) is 8.72. The Bertz CT molecular complexity index is 599. The maximum absolute atomic E-state index is 6.39. The van der Waals surface area contributed by atoms with Gasteiger partial charge in [-0.25, -0.2) is 4.68 Å². The Hall–Kier alpha value is -1.32. The van der Waals surface area contributed by atoms with E-state index in [0.717, 1.165) is 34.7 Å². The molecule has 4 heteroatoms. The molecule has 1 aromatic heterocycles. The molecule has 1 N–H and O–H groups in total. The van der Waals surface area contributed by atoms with E-state index in [1.54, 1.807) is 0 Å². The Kier molecular flexibility index (Phi) is 3.33. The normalized spacial score (nSPS) is 14.9. The summed E-state index contributed by atoms with van der Waals surface area (Å²) in [7, 11) is 0. The summed E-state index contributed by atoms with van der Waals surface area (Å²) in [5.74, 6) is 0. The van der Waals surface area contributed by atoms with Gasteiger partial charge in [0.1, 0.15) is 0 Å². The Balaban J connectivity index is 1.84. The maximum atomic E-state index is 6.39. The number of aromatic nitrogens is 2. The summed E-state index contributed by atoms with van der Waals surface area (Å²) in [6.07, 6.45) is 2.61. The predicted octanol–water partition coefficient (Wildman–Crippen LogP) is 3.39. The molecule has 1 aromatic carbocycles. The second-order valence-corrected chi connectivity index (χ2v) is 5.69. The molecule has 1 aliphatic carbocycles. The van der Waals surface area contributed by atoms with Gasteiger partial charge in [0.05, 0.1) is 16.4 Å². The van der Waals surface area contributed by atoms with Gasteiger partial charge < -0.3 is 5.32 Å². The van der Waals surface area contributed by atoms with Gasteiger partial charge in [-0.1, -0.05) is 17.7 Å². The molecule has 0 radical (unpaired) electrons. The molecule has 3 rings (SSSR count). The fraction of sp³-hybridized carbons (Fsp3) is 0.400. The van der Waals surface area contributed by atoms with E-state index in [4.69, 9.17) is 11.6 Å². The molecule has 100 valence electrons. The third-order valence-corrected chi connectivity index (χ3v) is 3.72. The second-order valence-electron chi connectivity index (χ2n) is 5.28. The topological polar surface area (TPSA) is 29.9 Å². The highest BCUT2D eigenvalue weighted by Crippen LogP contribution is 2.24. The summed E-state index contributed by atoms with van der Waals surface area (Å²) in [6.45, 7) is 4.92. The van der Waals surface area contributed by atoms with Crippen molar-refractivity contribution in [2.45, 2.75) is 39.3 Å². The fourth-order valence-electron chi connectivity index (χ4n) is 2.25. The number of rotatable bonds is 4. The molecule has 1 heterocycles. The SMILES string of the molecule is Cc1cc(C)n(-c2ccc(CNC3CC3)cc2Cl)n1. The molecule has 0 atom stereocenters. The van der Waals surface area contributed by atoms with Crippen molar-refractivity contribution in [1.29, 1.82) is 0 Å². The van der Waals surface area contributed by atoms with Crippen LogP contribution in [0.2, 0.25) is 5.02 Å². The minimum absolute atomic E-state index is 0.717. The Morgan fingerprint density at radius 3 is 2.68 bits per heavy atom. The molecule has 1 fully saturated rings. The summed E-state index contributed by atoms with van der Waals surface area (Å²) >= 11 is 6.39. The third-order valence-electron chi connectivity index (χ3n) is 3.42. The minimum atomic E-state index is 0.717. The monoisotopic (exact) mass is 275 g/mol. The lowest BCUT2D eigenvalue weighted by Gasteiger charge is -2.09. The molecule has 19 heavy (non-hydrogen) atoms. The number of hydrogen-bond acceptors (Lipinski definition) is 2. The third kappa shape index (κ3) is 2.82. The molecular weight excluding hydrogens is 258 g/mol. The highest BCUT2D eigenvalue weighted by atomic mass is 35.5. The van der Waals surface area contributed by atoms with Gasteiger partial charge in [0.15, 0.2) is 0 Å². The summed E-state index contributed by atoms with van der Waals surface area (Å²) in [4.78, 5) is 0. The van der Waals surface area contributed by atoms with E-state index in [0.29, 0.717) is 0 Å². The van der Waals surface area contributed by atoms with E-state index in [-0.39, 0.29) is 0 Å². The van der Waals surface area contributed by atoms with E-state index in [1.165, 1.54) is 18.4 Å². The number of hydrogen-bond donors (Lipinski definition) is 1. The van der Waals surface area contributed by atoms with Crippen LogP contribution in [0.3, 0.4) is 0 Å². The van der Waals surface area contributed by atoms with Crippen molar-refractivity contribution in [1.82, 2.24) is 15.1 Å². The summed E-state index contributed by atoms with van der Waals surface area (Å²) in [6, 6.07) is 8.97. The maximum Gasteiger partial charge on any atom is 0.0835 e. The highest BCUT2D eigenvalue weighted by Gasteiger charge is 2.20. The van der Waals surface area contributed by atoms with E-state index in [1.807, 2.05) is 30.7 Å². The highest BCUT2D eigenvalue weighted by molar-refractivity contribution is 6.32. The fourth-order valence-corrected chi connectivity index (χ4v) is 2.54. The van der Waals surface area contributed by atoms with Gasteiger partial charge in [-0.15, -0.1) is 0 Å². The first-order valence-corrected chi connectivity index (χ1v) is 7.07. The number of halogens is 1. The van der Waals surface area contributed by atoms with Crippen LogP contribution in [0.1, 0.15) is 29.8 Å². The molecule has 0 bridgehead atoms. The number of nitrogens with zero attached hydrogens (tertiary/aromatic N) is 2.